The van der Waals surface area contributed by atoms with Crippen LogP contribution in [0.1, 0.15) is 217 Å². The zero-order chi connectivity index (χ0) is 59.3. The summed E-state index contributed by atoms with van der Waals surface area (Å²) in [6.07, 6.45) is 24.0. The van der Waals surface area contributed by atoms with Gasteiger partial charge in [-0.25, -0.2) is 0 Å². The Morgan fingerprint density at radius 2 is 0.512 bits per heavy atom. The smallest absolute Gasteiger partial charge is 0.116 e. The van der Waals surface area contributed by atoms with Crippen molar-refractivity contribution in [1.29, 1.82) is 0 Å². The summed E-state index contributed by atoms with van der Waals surface area (Å²) in [6, 6.07) is 48.2. The number of hydrogen-bond donors (Lipinski definition) is 0. The molecule has 86 heavy (non-hydrogen) atoms. The second kappa shape index (κ2) is 21.3. The molecule has 0 N–H and O–H groups in total. The normalized spacial score (nSPS) is 21.3. The minimum Gasteiger partial charge on any atom is -0.189 e. The molecular formula is C82H98B2P2. The predicted molar refractivity (Wildman–Crippen MR) is 385 cm³/mol. The lowest BCUT2D eigenvalue weighted by atomic mass is 9.11. The number of fused-ring (bicyclic) bond motifs is 8. The summed E-state index contributed by atoms with van der Waals surface area (Å²) in [5.74, 6) is 0. The van der Waals surface area contributed by atoms with Gasteiger partial charge in [0.25, 0.3) is 0 Å². The average molecular weight is 1170 g/mol. The average Bonchev–Trinajstić information content (AvgIpc) is 1.47. The van der Waals surface area contributed by atoms with Gasteiger partial charge in [0.05, 0.1) is 47.8 Å². The number of hydrogen-bond acceptors (Lipinski definition) is 0. The SMILES string of the molecule is Cc1cc(C)c([B-]2(c3c(C)cc(C)cc3C)C3=C(c4cc5c(cc42)C2=C(c4ccccc4[P+]2(C2CCCCC2)C2CCCCC2)[B-]5(c2c(C)cc(C)cc2C)c2c(C)cc(C)cc2C)[P+](C2CCCCC2)(C2CCCCC2)c2ccccc23)c(C)c1. The van der Waals surface area contributed by atoms with E-state index >= 15 is 0 Å². The largest absolute Gasteiger partial charge is 0.189 e. The van der Waals surface area contributed by atoms with E-state index in [1.807, 2.05) is 21.2 Å². The molecule has 4 heteroatoms. The molecule has 15 rings (SSSR count). The van der Waals surface area contributed by atoms with E-state index in [1.165, 1.54) is 195 Å². The van der Waals surface area contributed by atoms with Crippen molar-refractivity contribution < 1.29 is 0 Å². The maximum absolute atomic E-state index is 3.16. The van der Waals surface area contributed by atoms with Gasteiger partial charge in [0.15, 0.2) is 0 Å². The van der Waals surface area contributed by atoms with Crippen LogP contribution in [0.4, 0.5) is 0 Å². The van der Waals surface area contributed by atoms with E-state index in [0.717, 1.165) is 0 Å². The maximum atomic E-state index is 3.16. The first-order valence-electron chi connectivity index (χ1n) is 34.9. The topological polar surface area (TPSA) is 0 Å². The van der Waals surface area contributed by atoms with Crippen LogP contribution in [0.2, 0.25) is 0 Å². The fourth-order valence-corrected chi connectivity index (χ4v) is 37.5. The van der Waals surface area contributed by atoms with Gasteiger partial charge in [-0.05, 0) is 220 Å². The molecule has 4 heterocycles. The van der Waals surface area contributed by atoms with Crippen molar-refractivity contribution in [3.05, 3.63) is 198 Å². The first kappa shape index (κ1) is 57.4. The van der Waals surface area contributed by atoms with Gasteiger partial charge in [-0.2, -0.15) is 32.8 Å². The van der Waals surface area contributed by atoms with E-state index in [2.05, 4.69) is 192 Å². The highest BCUT2D eigenvalue weighted by Crippen LogP contribution is 2.86. The summed E-state index contributed by atoms with van der Waals surface area (Å²) >= 11 is 0. The first-order chi connectivity index (χ1) is 41.6. The molecule has 4 fully saturated rings. The van der Waals surface area contributed by atoms with Crippen LogP contribution in [0, 0.1) is 83.1 Å². The number of aryl methyl sites for hydroxylation is 12. The van der Waals surface area contributed by atoms with Crippen molar-refractivity contribution in [2.24, 2.45) is 0 Å². The molecule has 4 saturated carbocycles. The Balaban J connectivity index is 1.23. The minimum absolute atomic E-state index is 0.700. The highest BCUT2D eigenvalue weighted by atomic mass is 31.2. The molecule has 4 aliphatic heterocycles. The van der Waals surface area contributed by atoms with E-state index in [9.17, 15) is 0 Å². The zero-order valence-electron chi connectivity index (χ0n) is 54.9. The summed E-state index contributed by atoms with van der Waals surface area (Å²) in [7, 11) is -4.27. The molecule has 0 atom stereocenters. The Labute approximate surface area is 520 Å². The van der Waals surface area contributed by atoms with Crippen molar-refractivity contribution >= 4 is 91.8 Å². The van der Waals surface area contributed by atoms with Crippen LogP contribution in [0.15, 0.2) is 109 Å². The molecule has 4 aliphatic carbocycles. The second-order valence-corrected chi connectivity index (χ2v) is 38.2. The standard InChI is InChI=1S/C82H98B2P2/c1-51-41-55(5)75(56(6)42-51)83(76-57(7)43-52(2)44-58(76)8)71-49-70-72(50-69(71)81-79(83)67-37-25-27-39-73(67)85(81,63-29-17-13-18-30-63)64-31-19-14-20-32-64)84(77-59(9)45-53(3)46-60(77)10,78-61(11)47-54(4)48-62(78)12)80-68-38-26-28-40-74(68)86(82(70)80,65-33-21-15-22-34-65)66-35-23-16-24-36-66/h25-28,37-50,63-66H,13-24,29-36H2,1-12H3. The molecule has 0 radical (unpaired) electrons. The molecule has 0 spiro atoms. The van der Waals surface area contributed by atoms with Crippen molar-refractivity contribution in [1.82, 2.24) is 0 Å². The van der Waals surface area contributed by atoms with Gasteiger partial charge >= 0.3 is 0 Å². The van der Waals surface area contributed by atoms with Crippen LogP contribution in [0.25, 0.3) is 21.6 Å². The molecule has 8 aliphatic rings. The van der Waals surface area contributed by atoms with Gasteiger partial charge in [-0.1, -0.05) is 190 Å². The molecule has 7 aromatic rings. The Bertz CT molecular complexity index is 3520. The van der Waals surface area contributed by atoms with Gasteiger partial charge in [0.1, 0.15) is 22.9 Å². The van der Waals surface area contributed by atoms with E-state index in [0.29, 0.717) is 22.6 Å². The van der Waals surface area contributed by atoms with Crippen LogP contribution in [0.5, 0.6) is 0 Å². The molecule has 0 nitrogen and oxygen atoms in total. The highest BCUT2D eigenvalue weighted by Gasteiger charge is 2.69. The molecule has 0 saturated heterocycles. The van der Waals surface area contributed by atoms with E-state index in [4.69, 9.17) is 0 Å². The molecular weight excluding hydrogens is 1070 g/mol. The molecule has 0 amide bonds. The van der Waals surface area contributed by atoms with Crippen LogP contribution < -0.4 is 43.4 Å². The van der Waals surface area contributed by atoms with Gasteiger partial charge in [-0.15, -0.1) is 10.9 Å². The highest BCUT2D eigenvalue weighted by molar-refractivity contribution is 7.95. The van der Waals surface area contributed by atoms with E-state index in [1.54, 1.807) is 66.0 Å². The lowest BCUT2D eigenvalue weighted by molar-refractivity contribution is 0.484. The summed E-state index contributed by atoms with van der Waals surface area (Å²) in [5.41, 5.74) is 40.4. The zero-order valence-corrected chi connectivity index (χ0v) is 56.7. The third kappa shape index (κ3) is 7.75. The Morgan fingerprint density at radius 3 is 0.756 bits per heavy atom. The van der Waals surface area contributed by atoms with Gasteiger partial charge < -0.3 is 0 Å². The Kier molecular flexibility index (Phi) is 14.3. The summed E-state index contributed by atoms with van der Waals surface area (Å²) in [5, 5.41) is 7.43. The van der Waals surface area contributed by atoms with Crippen LogP contribution >= 0.6 is 14.5 Å². The van der Waals surface area contributed by atoms with Crippen molar-refractivity contribution in [2.45, 2.75) is 234 Å². The van der Waals surface area contributed by atoms with E-state index in [-0.39, 0.29) is 0 Å². The number of rotatable bonds is 8. The monoisotopic (exact) mass is 1170 g/mol. The molecule has 0 aromatic heterocycles. The third-order valence-electron chi connectivity index (χ3n) is 25.3. The van der Waals surface area contributed by atoms with Crippen LogP contribution in [-0.4, -0.2) is 34.9 Å². The quantitative estimate of drug-likeness (QED) is 0.105. The summed E-state index contributed by atoms with van der Waals surface area (Å²) < 4.78 is 0. The fraction of sp³-hybridized carbons (Fsp3) is 0.439. The van der Waals surface area contributed by atoms with Gasteiger partial charge in [0.2, 0.25) is 0 Å². The third-order valence-corrected chi connectivity index (χ3v) is 36.7. The lowest BCUT2D eigenvalue weighted by Crippen LogP contribution is -2.71. The Hall–Kier alpha value is -4.99. The maximum Gasteiger partial charge on any atom is 0.116 e. The molecule has 442 valence electrons. The van der Waals surface area contributed by atoms with Crippen molar-refractivity contribution in [3.8, 4) is 0 Å². The summed E-state index contributed by atoms with van der Waals surface area (Å²) in [4.78, 5) is 0. The fourth-order valence-electron chi connectivity index (χ4n) is 23.6. The lowest BCUT2D eigenvalue weighted by Gasteiger charge is -2.49. The molecule has 0 bridgehead atoms. The molecule has 7 aromatic carbocycles. The van der Waals surface area contributed by atoms with Gasteiger partial charge in [0, 0.05) is 0 Å². The summed E-state index contributed by atoms with van der Waals surface area (Å²) in [6.45, 7) is 29.9. The van der Waals surface area contributed by atoms with Crippen molar-refractivity contribution in [3.63, 3.8) is 0 Å². The van der Waals surface area contributed by atoms with Gasteiger partial charge in [-0.3, -0.25) is 0 Å². The van der Waals surface area contributed by atoms with Crippen LogP contribution in [0.3, 0.4) is 0 Å². The Morgan fingerprint density at radius 1 is 0.279 bits per heavy atom. The predicted octanol–water partition coefficient (Wildman–Crippen LogP) is 17.8. The second-order valence-electron chi connectivity index (χ2n) is 30.3. The number of benzene rings is 7. The first-order valence-corrected chi connectivity index (χ1v) is 38.8. The molecule has 0 unspecified atom stereocenters. The minimum atomic E-state index is -2.14. The van der Waals surface area contributed by atoms with Crippen LogP contribution in [-0.2, 0) is 0 Å². The van der Waals surface area contributed by atoms with E-state index < -0.39 is 26.8 Å². The van der Waals surface area contributed by atoms with Crippen molar-refractivity contribution in [2.75, 3.05) is 0 Å².